The molecule has 0 saturated carbocycles. The van der Waals surface area contributed by atoms with Gasteiger partial charge in [0.05, 0.1) is 18.7 Å². The molecule has 7 heteroatoms. The van der Waals surface area contributed by atoms with Crippen molar-refractivity contribution in [1.82, 2.24) is 20.4 Å². The van der Waals surface area contributed by atoms with Crippen LogP contribution in [0.1, 0.15) is 55.0 Å². The standard InChI is InChI=1S/C21H26N4O3/c1-3-27-18-8-4-6-15-12-19(28-20(15)18)14(2)23-21(26)17-9-11-25(24-17)16-7-5-10-22-13-16/h4,6,8-9,11-12,14,16,22H,3,5,7,10,13H2,1-2H3,(H,23,26). The molecule has 2 aromatic heterocycles. The molecule has 0 aliphatic carbocycles. The molecule has 0 spiro atoms. The van der Waals surface area contributed by atoms with Crippen LogP contribution in [0.15, 0.2) is 40.9 Å². The van der Waals surface area contributed by atoms with E-state index in [4.69, 9.17) is 9.15 Å². The van der Waals surface area contributed by atoms with Gasteiger partial charge in [0.2, 0.25) is 0 Å². The van der Waals surface area contributed by atoms with Crippen molar-refractivity contribution in [3.8, 4) is 5.75 Å². The molecule has 7 nitrogen and oxygen atoms in total. The third-order valence-electron chi connectivity index (χ3n) is 5.09. The molecule has 2 unspecified atom stereocenters. The summed E-state index contributed by atoms with van der Waals surface area (Å²) in [6.07, 6.45) is 4.08. The molecule has 1 aliphatic rings. The summed E-state index contributed by atoms with van der Waals surface area (Å²) >= 11 is 0. The van der Waals surface area contributed by atoms with E-state index in [0.29, 0.717) is 35.4 Å². The van der Waals surface area contributed by atoms with Crippen molar-refractivity contribution in [2.75, 3.05) is 19.7 Å². The van der Waals surface area contributed by atoms with Crippen molar-refractivity contribution < 1.29 is 13.9 Å². The van der Waals surface area contributed by atoms with Crippen molar-refractivity contribution in [2.24, 2.45) is 0 Å². The monoisotopic (exact) mass is 382 g/mol. The molecule has 28 heavy (non-hydrogen) atoms. The number of hydrogen-bond donors (Lipinski definition) is 2. The summed E-state index contributed by atoms with van der Waals surface area (Å²) in [6, 6.07) is 9.52. The summed E-state index contributed by atoms with van der Waals surface area (Å²) in [7, 11) is 0. The number of furan rings is 1. The van der Waals surface area contributed by atoms with Crippen LogP contribution >= 0.6 is 0 Å². The summed E-state index contributed by atoms with van der Waals surface area (Å²) in [6.45, 7) is 6.35. The third-order valence-corrected chi connectivity index (χ3v) is 5.09. The van der Waals surface area contributed by atoms with E-state index in [2.05, 4.69) is 15.7 Å². The van der Waals surface area contributed by atoms with Gasteiger partial charge in [0.25, 0.3) is 5.91 Å². The van der Waals surface area contributed by atoms with Crippen molar-refractivity contribution >= 4 is 16.9 Å². The molecule has 2 atom stereocenters. The Morgan fingerprint density at radius 3 is 3.14 bits per heavy atom. The van der Waals surface area contributed by atoms with Gasteiger partial charge < -0.3 is 19.8 Å². The molecule has 0 bridgehead atoms. The van der Waals surface area contributed by atoms with E-state index >= 15 is 0 Å². The second-order valence-electron chi connectivity index (χ2n) is 7.13. The van der Waals surface area contributed by atoms with E-state index in [1.807, 2.05) is 49.0 Å². The van der Waals surface area contributed by atoms with E-state index in [1.165, 1.54) is 0 Å². The van der Waals surface area contributed by atoms with Crippen LogP contribution in [-0.4, -0.2) is 35.4 Å². The van der Waals surface area contributed by atoms with Crippen LogP contribution in [0, 0.1) is 0 Å². The van der Waals surface area contributed by atoms with E-state index in [0.717, 1.165) is 31.3 Å². The highest BCUT2D eigenvalue weighted by molar-refractivity contribution is 5.92. The van der Waals surface area contributed by atoms with Crippen LogP contribution in [0.2, 0.25) is 0 Å². The van der Waals surface area contributed by atoms with Gasteiger partial charge in [-0.3, -0.25) is 9.48 Å². The van der Waals surface area contributed by atoms with Gasteiger partial charge in [0.1, 0.15) is 11.5 Å². The lowest BCUT2D eigenvalue weighted by Gasteiger charge is -2.22. The number of rotatable bonds is 6. The Bertz CT molecular complexity index is 956. The fourth-order valence-electron chi connectivity index (χ4n) is 3.60. The molecule has 4 rings (SSSR count). The van der Waals surface area contributed by atoms with Gasteiger partial charge in [-0.1, -0.05) is 12.1 Å². The first-order valence-corrected chi connectivity index (χ1v) is 9.87. The Morgan fingerprint density at radius 2 is 2.36 bits per heavy atom. The number of ether oxygens (including phenoxy) is 1. The zero-order valence-electron chi connectivity index (χ0n) is 16.3. The number of benzene rings is 1. The van der Waals surface area contributed by atoms with Gasteiger partial charge in [-0.15, -0.1) is 0 Å². The van der Waals surface area contributed by atoms with Crippen LogP contribution in [0.3, 0.4) is 0 Å². The molecule has 2 N–H and O–H groups in total. The van der Waals surface area contributed by atoms with Gasteiger partial charge in [0, 0.05) is 18.1 Å². The fraction of sp³-hybridized carbons (Fsp3) is 0.429. The van der Waals surface area contributed by atoms with Gasteiger partial charge >= 0.3 is 0 Å². The normalized spacial score (nSPS) is 18.1. The highest BCUT2D eigenvalue weighted by atomic mass is 16.5. The van der Waals surface area contributed by atoms with Gasteiger partial charge in [-0.25, -0.2) is 0 Å². The first kappa shape index (κ1) is 18.6. The van der Waals surface area contributed by atoms with Crippen LogP contribution in [0.5, 0.6) is 5.75 Å². The maximum absolute atomic E-state index is 12.6. The van der Waals surface area contributed by atoms with E-state index in [9.17, 15) is 4.79 Å². The Kier molecular flexibility index (Phi) is 5.34. The molecule has 1 aliphatic heterocycles. The second-order valence-corrected chi connectivity index (χ2v) is 7.13. The summed E-state index contributed by atoms with van der Waals surface area (Å²) in [5.41, 5.74) is 1.12. The average molecular weight is 382 g/mol. The molecular weight excluding hydrogens is 356 g/mol. The van der Waals surface area contributed by atoms with Gasteiger partial charge in [-0.2, -0.15) is 5.10 Å². The maximum Gasteiger partial charge on any atom is 0.272 e. The lowest BCUT2D eigenvalue weighted by molar-refractivity contribution is 0.0929. The number of amides is 1. The van der Waals surface area contributed by atoms with Gasteiger partial charge in [0.15, 0.2) is 11.3 Å². The fourth-order valence-corrected chi connectivity index (χ4v) is 3.60. The minimum absolute atomic E-state index is 0.208. The molecular formula is C21H26N4O3. The zero-order valence-corrected chi connectivity index (χ0v) is 16.3. The number of para-hydroxylation sites is 1. The van der Waals surface area contributed by atoms with E-state index in [-0.39, 0.29) is 11.9 Å². The highest BCUT2D eigenvalue weighted by Crippen LogP contribution is 2.31. The lowest BCUT2D eigenvalue weighted by Crippen LogP contribution is -2.32. The second kappa shape index (κ2) is 8.06. The topological polar surface area (TPSA) is 81.3 Å². The Balaban J connectivity index is 1.46. The van der Waals surface area contributed by atoms with Crippen molar-refractivity contribution in [3.05, 3.63) is 48.0 Å². The number of fused-ring (bicyclic) bond motifs is 1. The molecule has 1 amide bonds. The molecule has 1 fully saturated rings. The molecule has 0 radical (unpaired) electrons. The maximum atomic E-state index is 12.6. The smallest absolute Gasteiger partial charge is 0.272 e. The summed E-state index contributed by atoms with van der Waals surface area (Å²) in [4.78, 5) is 12.6. The van der Waals surface area contributed by atoms with Crippen LogP contribution in [0.4, 0.5) is 0 Å². The average Bonchev–Trinajstić information content (AvgIpc) is 3.37. The number of nitrogens with zero attached hydrogens (tertiary/aromatic N) is 2. The Morgan fingerprint density at radius 1 is 1.46 bits per heavy atom. The number of piperidine rings is 1. The van der Waals surface area contributed by atoms with E-state index < -0.39 is 0 Å². The van der Waals surface area contributed by atoms with Gasteiger partial charge in [-0.05, 0) is 51.4 Å². The predicted octanol–water partition coefficient (Wildman–Crippen LogP) is 3.44. The van der Waals surface area contributed by atoms with Crippen molar-refractivity contribution in [1.29, 1.82) is 0 Å². The summed E-state index contributed by atoms with van der Waals surface area (Å²) < 4.78 is 13.5. The van der Waals surface area contributed by atoms with Crippen molar-refractivity contribution in [3.63, 3.8) is 0 Å². The highest BCUT2D eigenvalue weighted by Gasteiger charge is 2.20. The number of carbonyl (C=O) groups is 1. The van der Waals surface area contributed by atoms with Crippen LogP contribution < -0.4 is 15.4 Å². The number of nitrogens with one attached hydrogen (secondary N) is 2. The largest absolute Gasteiger partial charge is 0.490 e. The molecule has 148 valence electrons. The molecule has 1 saturated heterocycles. The predicted molar refractivity (Wildman–Crippen MR) is 107 cm³/mol. The third kappa shape index (κ3) is 3.75. The lowest BCUT2D eigenvalue weighted by atomic mass is 10.1. The minimum Gasteiger partial charge on any atom is -0.490 e. The van der Waals surface area contributed by atoms with Crippen LogP contribution in [0.25, 0.3) is 11.0 Å². The first-order chi connectivity index (χ1) is 13.7. The number of carbonyl (C=O) groups excluding carboxylic acids is 1. The Hall–Kier alpha value is -2.80. The Labute approximate surface area is 164 Å². The first-order valence-electron chi connectivity index (χ1n) is 9.87. The summed E-state index contributed by atoms with van der Waals surface area (Å²) in [5.74, 6) is 1.19. The number of hydrogen-bond acceptors (Lipinski definition) is 5. The summed E-state index contributed by atoms with van der Waals surface area (Å²) in [5, 5.41) is 11.8. The quantitative estimate of drug-likeness (QED) is 0.682. The molecule has 3 aromatic rings. The van der Waals surface area contributed by atoms with Crippen LogP contribution in [-0.2, 0) is 0 Å². The molecule has 1 aromatic carbocycles. The number of aromatic nitrogens is 2. The SMILES string of the molecule is CCOc1cccc2cc(C(C)NC(=O)c3ccn(C4CCCNC4)n3)oc12. The molecule has 3 heterocycles. The minimum atomic E-state index is -0.282. The zero-order chi connectivity index (χ0) is 19.5. The van der Waals surface area contributed by atoms with E-state index in [1.54, 1.807) is 6.07 Å². The van der Waals surface area contributed by atoms with Crippen molar-refractivity contribution in [2.45, 2.75) is 38.8 Å².